The van der Waals surface area contributed by atoms with Crippen molar-refractivity contribution >= 4 is 17.5 Å². The predicted molar refractivity (Wildman–Crippen MR) is 91.1 cm³/mol. The Morgan fingerprint density at radius 2 is 2.04 bits per heavy atom. The van der Waals surface area contributed by atoms with E-state index in [1.54, 1.807) is 4.90 Å². The average molecular weight is 364 g/mol. The Kier molecular flexibility index (Phi) is 5.11. The first-order valence-electron chi connectivity index (χ1n) is 8.40. The third-order valence-corrected chi connectivity index (χ3v) is 4.30. The van der Waals surface area contributed by atoms with Crippen LogP contribution < -0.4 is 5.32 Å². The number of carbonyl (C=O) groups is 1. The smallest absolute Gasteiger partial charge is 0.337 e. The lowest BCUT2D eigenvalue weighted by molar-refractivity contribution is -0.136. The van der Waals surface area contributed by atoms with E-state index in [0.717, 1.165) is 18.9 Å². The van der Waals surface area contributed by atoms with E-state index in [1.165, 1.54) is 30.5 Å². The van der Waals surface area contributed by atoms with Crippen molar-refractivity contribution in [2.24, 2.45) is 5.92 Å². The molecule has 1 aromatic heterocycles. The normalized spacial score (nSPS) is 17.8. The predicted octanol–water partition coefficient (Wildman–Crippen LogP) is 4.11. The summed E-state index contributed by atoms with van der Waals surface area (Å²) in [4.78, 5) is 22.4. The van der Waals surface area contributed by atoms with Gasteiger partial charge in [0.1, 0.15) is 5.69 Å². The van der Waals surface area contributed by atoms with Crippen LogP contribution >= 0.6 is 0 Å². The molecule has 1 saturated heterocycles. The molecule has 1 aromatic carbocycles. The molecule has 26 heavy (non-hydrogen) atoms. The lowest BCUT2D eigenvalue weighted by Gasteiger charge is -2.30. The third kappa shape index (κ3) is 4.12. The molecule has 1 atom stereocenters. The van der Waals surface area contributed by atoms with Gasteiger partial charge in [0, 0.05) is 19.3 Å². The van der Waals surface area contributed by atoms with Gasteiger partial charge in [0.15, 0.2) is 0 Å². The first-order chi connectivity index (χ1) is 12.3. The molecular formula is C18H19F3N4O. The van der Waals surface area contributed by atoms with E-state index < -0.39 is 11.7 Å². The van der Waals surface area contributed by atoms with E-state index in [4.69, 9.17) is 0 Å². The highest BCUT2D eigenvalue weighted by Crippen LogP contribution is 2.35. The summed E-state index contributed by atoms with van der Waals surface area (Å²) in [6, 6.07) is 6.55. The molecule has 8 heteroatoms. The number of nitrogens with zero attached hydrogens (tertiary/aromatic N) is 3. The van der Waals surface area contributed by atoms with Gasteiger partial charge in [-0.1, -0.05) is 19.1 Å². The van der Waals surface area contributed by atoms with Gasteiger partial charge in [-0.25, -0.2) is 9.97 Å². The molecule has 1 aliphatic heterocycles. The standard InChI is InChI=1S/C18H19F3N4O/c1-12-5-4-10-25(11-12)16(26)15-8-9-22-17(24-15)23-14-7-3-2-6-13(14)18(19,20)21/h2-3,6-9,12H,4-5,10-11H2,1H3,(H,22,23,24). The number of alkyl halides is 3. The van der Waals surface area contributed by atoms with Crippen LogP contribution in [0.2, 0.25) is 0 Å². The summed E-state index contributed by atoms with van der Waals surface area (Å²) in [5.74, 6) is 0.148. The van der Waals surface area contributed by atoms with Crippen molar-refractivity contribution < 1.29 is 18.0 Å². The van der Waals surface area contributed by atoms with Crippen molar-refractivity contribution in [3.8, 4) is 0 Å². The lowest BCUT2D eigenvalue weighted by Crippen LogP contribution is -2.39. The van der Waals surface area contributed by atoms with E-state index in [9.17, 15) is 18.0 Å². The number of carbonyl (C=O) groups excluding carboxylic acids is 1. The molecule has 0 bridgehead atoms. The van der Waals surface area contributed by atoms with Gasteiger partial charge in [-0.15, -0.1) is 0 Å². The summed E-state index contributed by atoms with van der Waals surface area (Å²) in [6.07, 6.45) is -1.12. The van der Waals surface area contributed by atoms with Gasteiger partial charge in [0.05, 0.1) is 11.3 Å². The number of anilines is 2. The molecular weight excluding hydrogens is 345 g/mol. The molecule has 1 fully saturated rings. The quantitative estimate of drug-likeness (QED) is 0.890. The van der Waals surface area contributed by atoms with Crippen LogP contribution in [0.1, 0.15) is 35.8 Å². The fourth-order valence-electron chi connectivity index (χ4n) is 3.03. The summed E-state index contributed by atoms with van der Waals surface area (Å²) in [6.45, 7) is 3.40. The first kappa shape index (κ1) is 18.2. The van der Waals surface area contributed by atoms with Gasteiger partial charge >= 0.3 is 6.18 Å². The molecule has 1 unspecified atom stereocenters. The van der Waals surface area contributed by atoms with Crippen LogP contribution in [-0.4, -0.2) is 33.9 Å². The molecule has 0 radical (unpaired) electrons. The van der Waals surface area contributed by atoms with E-state index in [1.807, 2.05) is 0 Å². The maximum Gasteiger partial charge on any atom is 0.418 e. The zero-order valence-electron chi connectivity index (χ0n) is 14.3. The largest absolute Gasteiger partial charge is 0.418 e. The van der Waals surface area contributed by atoms with E-state index >= 15 is 0 Å². The number of rotatable bonds is 3. The molecule has 1 aliphatic rings. The number of piperidine rings is 1. The zero-order valence-corrected chi connectivity index (χ0v) is 14.3. The van der Waals surface area contributed by atoms with Crippen LogP contribution in [-0.2, 0) is 6.18 Å². The van der Waals surface area contributed by atoms with Gasteiger partial charge in [-0.2, -0.15) is 13.2 Å². The highest BCUT2D eigenvalue weighted by Gasteiger charge is 2.33. The van der Waals surface area contributed by atoms with Gasteiger partial charge in [-0.3, -0.25) is 4.79 Å². The number of amides is 1. The zero-order chi connectivity index (χ0) is 18.7. The topological polar surface area (TPSA) is 58.1 Å². The SMILES string of the molecule is CC1CCCN(C(=O)c2ccnc(Nc3ccccc3C(F)(F)F)n2)C1. The lowest BCUT2D eigenvalue weighted by atomic mass is 10.00. The second kappa shape index (κ2) is 7.31. The van der Waals surface area contributed by atoms with Gasteiger partial charge in [-0.05, 0) is 37.0 Å². The highest BCUT2D eigenvalue weighted by molar-refractivity contribution is 5.92. The van der Waals surface area contributed by atoms with Crippen molar-refractivity contribution in [2.75, 3.05) is 18.4 Å². The summed E-state index contributed by atoms with van der Waals surface area (Å²) in [5.41, 5.74) is -0.803. The summed E-state index contributed by atoms with van der Waals surface area (Å²) in [5, 5.41) is 2.57. The minimum atomic E-state index is -4.50. The summed E-state index contributed by atoms with van der Waals surface area (Å²) >= 11 is 0. The molecule has 0 saturated carbocycles. The number of likely N-dealkylation sites (tertiary alicyclic amines) is 1. The number of nitrogens with one attached hydrogen (secondary N) is 1. The number of benzene rings is 1. The van der Waals surface area contributed by atoms with E-state index in [0.29, 0.717) is 19.0 Å². The molecule has 2 aromatic rings. The number of hydrogen-bond acceptors (Lipinski definition) is 4. The van der Waals surface area contributed by atoms with Crippen LogP contribution in [0.4, 0.5) is 24.8 Å². The Morgan fingerprint density at radius 3 is 2.77 bits per heavy atom. The maximum absolute atomic E-state index is 13.1. The number of halogens is 3. The fraction of sp³-hybridized carbons (Fsp3) is 0.389. The van der Waals surface area contributed by atoms with Crippen molar-refractivity contribution in [1.29, 1.82) is 0 Å². The average Bonchev–Trinajstić information content (AvgIpc) is 2.61. The molecule has 3 rings (SSSR count). The maximum atomic E-state index is 13.1. The van der Waals surface area contributed by atoms with E-state index in [2.05, 4.69) is 22.2 Å². The Balaban J connectivity index is 1.81. The monoisotopic (exact) mass is 364 g/mol. The highest BCUT2D eigenvalue weighted by atomic mass is 19.4. The molecule has 5 nitrogen and oxygen atoms in total. The Morgan fingerprint density at radius 1 is 1.27 bits per heavy atom. The van der Waals surface area contributed by atoms with Gasteiger partial charge in [0.25, 0.3) is 5.91 Å². The fourth-order valence-corrected chi connectivity index (χ4v) is 3.03. The van der Waals surface area contributed by atoms with Crippen molar-refractivity contribution in [3.05, 3.63) is 47.8 Å². The Bertz CT molecular complexity index is 794. The number of para-hydroxylation sites is 1. The molecule has 0 spiro atoms. The second-order valence-corrected chi connectivity index (χ2v) is 6.43. The second-order valence-electron chi connectivity index (χ2n) is 6.43. The van der Waals surface area contributed by atoms with Gasteiger partial charge in [0.2, 0.25) is 5.95 Å². The third-order valence-electron chi connectivity index (χ3n) is 4.30. The molecule has 2 heterocycles. The molecule has 1 N–H and O–H groups in total. The van der Waals surface area contributed by atoms with Crippen LogP contribution in [0.3, 0.4) is 0 Å². The molecule has 1 amide bonds. The van der Waals surface area contributed by atoms with Crippen molar-refractivity contribution in [2.45, 2.75) is 25.9 Å². The minimum Gasteiger partial charge on any atom is -0.337 e. The van der Waals surface area contributed by atoms with Crippen molar-refractivity contribution in [3.63, 3.8) is 0 Å². The molecule has 0 aliphatic carbocycles. The van der Waals surface area contributed by atoms with Gasteiger partial charge < -0.3 is 10.2 Å². The van der Waals surface area contributed by atoms with Crippen LogP contribution in [0.5, 0.6) is 0 Å². The van der Waals surface area contributed by atoms with Crippen LogP contribution in [0.15, 0.2) is 36.5 Å². The minimum absolute atomic E-state index is 0.0439. The molecule has 138 valence electrons. The van der Waals surface area contributed by atoms with Crippen LogP contribution in [0.25, 0.3) is 0 Å². The Labute approximate surface area is 149 Å². The van der Waals surface area contributed by atoms with Crippen molar-refractivity contribution in [1.82, 2.24) is 14.9 Å². The van der Waals surface area contributed by atoms with Crippen LogP contribution in [0, 0.1) is 5.92 Å². The summed E-state index contributed by atoms with van der Waals surface area (Å²) in [7, 11) is 0. The Hall–Kier alpha value is -2.64. The summed E-state index contributed by atoms with van der Waals surface area (Å²) < 4.78 is 39.3. The van der Waals surface area contributed by atoms with E-state index in [-0.39, 0.29) is 23.2 Å². The first-order valence-corrected chi connectivity index (χ1v) is 8.40. The number of aromatic nitrogens is 2. The number of hydrogen-bond donors (Lipinski definition) is 1.